The Labute approximate surface area is 114 Å². The molecule has 3 nitrogen and oxygen atoms in total. The molecule has 1 aromatic carbocycles. The second-order valence-corrected chi connectivity index (χ2v) is 5.27. The van der Waals surface area contributed by atoms with Crippen molar-refractivity contribution in [2.24, 2.45) is 7.05 Å². The Morgan fingerprint density at radius 1 is 1.32 bits per heavy atom. The van der Waals surface area contributed by atoms with Crippen molar-refractivity contribution >= 4 is 0 Å². The van der Waals surface area contributed by atoms with Gasteiger partial charge in [-0.05, 0) is 42.5 Å². The number of benzene rings is 1. The van der Waals surface area contributed by atoms with E-state index in [0.717, 1.165) is 12.4 Å². The van der Waals surface area contributed by atoms with Gasteiger partial charge in [-0.15, -0.1) is 0 Å². The maximum atomic E-state index is 4.51. The molecule has 1 aliphatic rings. The fourth-order valence-electron chi connectivity index (χ4n) is 2.99. The predicted molar refractivity (Wildman–Crippen MR) is 77.2 cm³/mol. The van der Waals surface area contributed by atoms with Gasteiger partial charge in [0.15, 0.2) is 0 Å². The summed E-state index contributed by atoms with van der Waals surface area (Å²) in [5.74, 6) is 1.08. The average Bonchev–Trinajstić information content (AvgIpc) is 3.03. The van der Waals surface area contributed by atoms with E-state index in [1.165, 1.54) is 36.0 Å². The zero-order chi connectivity index (χ0) is 13.2. The first kappa shape index (κ1) is 12.4. The van der Waals surface area contributed by atoms with Crippen LogP contribution in [0.5, 0.6) is 0 Å². The number of aryl methyl sites for hydroxylation is 3. The minimum atomic E-state index is 0.191. The van der Waals surface area contributed by atoms with Crippen LogP contribution < -0.4 is 5.32 Å². The van der Waals surface area contributed by atoms with Crippen molar-refractivity contribution in [1.82, 2.24) is 14.9 Å². The number of hydrogen-bond donors (Lipinski definition) is 1. The van der Waals surface area contributed by atoms with Crippen LogP contribution in [0.25, 0.3) is 0 Å². The number of hydrogen-bond acceptors (Lipinski definition) is 2. The first-order chi connectivity index (χ1) is 9.29. The van der Waals surface area contributed by atoms with Crippen LogP contribution in [0.3, 0.4) is 0 Å². The number of imidazole rings is 1. The molecule has 0 spiro atoms. The highest BCUT2D eigenvalue weighted by molar-refractivity contribution is 5.38. The summed E-state index contributed by atoms with van der Waals surface area (Å²) < 4.78 is 2.10. The number of fused-ring (bicyclic) bond motifs is 1. The molecule has 1 N–H and O–H groups in total. The highest BCUT2D eigenvalue weighted by atomic mass is 15.1. The van der Waals surface area contributed by atoms with Crippen LogP contribution in [0, 0.1) is 0 Å². The molecule has 0 bridgehead atoms. The topological polar surface area (TPSA) is 29.9 Å². The summed E-state index contributed by atoms with van der Waals surface area (Å²) in [7, 11) is 2.06. The number of rotatable bonds is 4. The van der Waals surface area contributed by atoms with Crippen molar-refractivity contribution in [2.75, 3.05) is 6.54 Å². The third-order valence-electron chi connectivity index (χ3n) is 3.98. The largest absolute Gasteiger partial charge is 0.336 e. The molecule has 0 saturated carbocycles. The lowest BCUT2D eigenvalue weighted by molar-refractivity contribution is 0.576. The number of aromatic nitrogens is 2. The van der Waals surface area contributed by atoms with Gasteiger partial charge >= 0.3 is 0 Å². The lowest BCUT2D eigenvalue weighted by Crippen LogP contribution is -2.24. The summed E-state index contributed by atoms with van der Waals surface area (Å²) in [6.07, 6.45) is 7.64. The molecule has 1 heterocycles. The quantitative estimate of drug-likeness (QED) is 0.910. The molecule has 1 aromatic heterocycles. The molecule has 0 saturated heterocycles. The number of nitrogens with zero attached hydrogens (tertiary/aromatic N) is 2. The van der Waals surface area contributed by atoms with Crippen molar-refractivity contribution in [2.45, 2.75) is 32.2 Å². The molecule has 0 aliphatic heterocycles. The lowest BCUT2D eigenvalue weighted by Gasteiger charge is -2.19. The van der Waals surface area contributed by atoms with Crippen LogP contribution in [0.1, 0.15) is 41.9 Å². The Kier molecular flexibility index (Phi) is 3.38. The maximum absolute atomic E-state index is 4.51. The fourth-order valence-corrected chi connectivity index (χ4v) is 2.99. The average molecular weight is 255 g/mol. The summed E-state index contributed by atoms with van der Waals surface area (Å²) in [6, 6.07) is 7.11. The van der Waals surface area contributed by atoms with E-state index in [9.17, 15) is 0 Å². The van der Waals surface area contributed by atoms with Gasteiger partial charge in [0.2, 0.25) is 0 Å². The molecule has 0 amide bonds. The van der Waals surface area contributed by atoms with Gasteiger partial charge in [0.1, 0.15) is 5.82 Å². The minimum Gasteiger partial charge on any atom is -0.336 e. The van der Waals surface area contributed by atoms with Gasteiger partial charge in [-0.2, -0.15) is 0 Å². The van der Waals surface area contributed by atoms with Gasteiger partial charge in [-0.25, -0.2) is 4.98 Å². The molecule has 100 valence electrons. The highest BCUT2D eigenvalue weighted by Crippen LogP contribution is 2.27. The standard InChI is InChI=1S/C16H21N3/c1-3-17-15(16-18-9-10-19(16)2)14-8-7-12-5-4-6-13(12)11-14/h7-11,15,17H,3-6H2,1-2H3. The van der Waals surface area contributed by atoms with Crippen LogP contribution in [0.15, 0.2) is 30.6 Å². The maximum Gasteiger partial charge on any atom is 0.130 e. The van der Waals surface area contributed by atoms with Crippen molar-refractivity contribution in [3.8, 4) is 0 Å². The minimum absolute atomic E-state index is 0.191. The molecular formula is C16H21N3. The normalized spacial score (nSPS) is 15.5. The Hall–Kier alpha value is -1.61. The zero-order valence-electron chi connectivity index (χ0n) is 11.7. The second-order valence-electron chi connectivity index (χ2n) is 5.27. The molecule has 2 aromatic rings. The van der Waals surface area contributed by atoms with E-state index in [4.69, 9.17) is 0 Å². The first-order valence-corrected chi connectivity index (χ1v) is 7.12. The van der Waals surface area contributed by atoms with E-state index < -0.39 is 0 Å². The van der Waals surface area contributed by atoms with Gasteiger partial charge in [0.05, 0.1) is 6.04 Å². The van der Waals surface area contributed by atoms with Crippen molar-refractivity contribution in [3.05, 3.63) is 53.1 Å². The van der Waals surface area contributed by atoms with Crippen molar-refractivity contribution in [3.63, 3.8) is 0 Å². The summed E-state index contributed by atoms with van der Waals surface area (Å²) >= 11 is 0. The highest BCUT2D eigenvalue weighted by Gasteiger charge is 2.19. The smallest absolute Gasteiger partial charge is 0.130 e. The molecule has 3 rings (SSSR count). The predicted octanol–water partition coefficient (Wildman–Crippen LogP) is 2.61. The summed E-state index contributed by atoms with van der Waals surface area (Å²) in [5, 5.41) is 3.55. The monoisotopic (exact) mass is 255 g/mol. The van der Waals surface area contributed by atoms with Gasteiger partial charge in [-0.3, -0.25) is 0 Å². The fraction of sp³-hybridized carbons (Fsp3) is 0.438. The Morgan fingerprint density at radius 3 is 2.89 bits per heavy atom. The van der Waals surface area contributed by atoms with E-state index in [-0.39, 0.29) is 6.04 Å². The van der Waals surface area contributed by atoms with Crippen LogP contribution in [-0.4, -0.2) is 16.1 Å². The van der Waals surface area contributed by atoms with Crippen LogP contribution in [0.4, 0.5) is 0 Å². The number of nitrogens with one attached hydrogen (secondary N) is 1. The van der Waals surface area contributed by atoms with Gasteiger partial charge < -0.3 is 9.88 Å². The van der Waals surface area contributed by atoms with Crippen LogP contribution in [-0.2, 0) is 19.9 Å². The SMILES string of the molecule is CCNC(c1ccc2c(c1)CCC2)c1nccn1C. The summed E-state index contributed by atoms with van der Waals surface area (Å²) in [4.78, 5) is 4.51. The Morgan fingerprint density at radius 2 is 2.16 bits per heavy atom. The van der Waals surface area contributed by atoms with E-state index in [2.05, 4.69) is 47.0 Å². The van der Waals surface area contributed by atoms with Gasteiger partial charge in [0, 0.05) is 19.4 Å². The molecule has 3 heteroatoms. The van der Waals surface area contributed by atoms with Crippen LogP contribution >= 0.6 is 0 Å². The van der Waals surface area contributed by atoms with Crippen LogP contribution in [0.2, 0.25) is 0 Å². The third kappa shape index (κ3) is 2.30. The lowest BCUT2D eigenvalue weighted by atomic mass is 10.0. The first-order valence-electron chi connectivity index (χ1n) is 7.12. The molecule has 0 fully saturated rings. The van der Waals surface area contributed by atoms with E-state index >= 15 is 0 Å². The zero-order valence-corrected chi connectivity index (χ0v) is 11.7. The third-order valence-corrected chi connectivity index (χ3v) is 3.98. The molecule has 19 heavy (non-hydrogen) atoms. The molecular weight excluding hydrogens is 234 g/mol. The van der Waals surface area contributed by atoms with E-state index in [1.54, 1.807) is 0 Å². The van der Waals surface area contributed by atoms with Crippen molar-refractivity contribution in [1.29, 1.82) is 0 Å². The second kappa shape index (κ2) is 5.17. The van der Waals surface area contributed by atoms with E-state index in [1.807, 2.05) is 12.4 Å². The van der Waals surface area contributed by atoms with Gasteiger partial charge in [-0.1, -0.05) is 25.1 Å². The molecule has 1 unspecified atom stereocenters. The molecule has 1 atom stereocenters. The van der Waals surface area contributed by atoms with E-state index in [0.29, 0.717) is 0 Å². The summed E-state index contributed by atoms with van der Waals surface area (Å²) in [5.41, 5.74) is 4.38. The van der Waals surface area contributed by atoms with Gasteiger partial charge in [0.25, 0.3) is 0 Å². The Balaban J connectivity index is 1.98. The Bertz CT molecular complexity index is 571. The van der Waals surface area contributed by atoms with Crippen molar-refractivity contribution < 1.29 is 0 Å². The summed E-state index contributed by atoms with van der Waals surface area (Å²) in [6.45, 7) is 3.08. The molecule has 1 aliphatic carbocycles. The molecule has 0 radical (unpaired) electrons.